The summed E-state index contributed by atoms with van der Waals surface area (Å²) in [7, 11) is 0. The van der Waals surface area contributed by atoms with Crippen LogP contribution in [0, 0.1) is 5.92 Å². The van der Waals surface area contributed by atoms with Crippen LogP contribution in [-0.4, -0.2) is 64.6 Å². The minimum atomic E-state index is -1.44. The maximum atomic E-state index is 12.1. The number of aromatic nitrogens is 4. The molecular weight excluding hydrogens is 443 g/mol. The van der Waals surface area contributed by atoms with Crippen molar-refractivity contribution in [2.24, 2.45) is 11.7 Å². The van der Waals surface area contributed by atoms with Crippen LogP contribution in [0.4, 0.5) is 0 Å². The molecule has 1 saturated heterocycles. The van der Waals surface area contributed by atoms with E-state index < -0.39 is 35.2 Å². The van der Waals surface area contributed by atoms with Crippen LogP contribution in [0.15, 0.2) is 15.1 Å². The summed E-state index contributed by atoms with van der Waals surface area (Å²) in [5, 5.41) is 32.3. The van der Waals surface area contributed by atoms with Gasteiger partial charge in [-0.2, -0.15) is 0 Å². The molecule has 0 spiro atoms. The number of nitrogens with zero attached hydrogens (tertiary/aromatic N) is 5. The van der Waals surface area contributed by atoms with Crippen molar-refractivity contribution < 1.29 is 76.0 Å². The fourth-order valence-corrected chi connectivity index (χ4v) is 6.59. The van der Waals surface area contributed by atoms with Gasteiger partial charge in [0.25, 0.3) is 0 Å². The Morgan fingerprint density at radius 1 is 1.44 bits per heavy atom. The molecule has 2 amide bonds. The van der Waals surface area contributed by atoms with Crippen LogP contribution in [0.5, 0.6) is 0 Å². The molecule has 3 rings (SSSR count). The number of hydrogen-bond donors (Lipinski definition) is 2. The molecule has 1 aromatic heterocycles. The monoisotopic (exact) mass is 456 g/mol. The number of carbonyl (C=O) groups excluding carboxylic acids is 3. The number of fused-ring (bicyclic) bond motifs is 1. The molecule has 11 nitrogen and oxygen atoms in total. The van der Waals surface area contributed by atoms with Crippen LogP contribution in [0.2, 0.25) is 0 Å². The molecular formula is C12H13KN6O5S3. The molecule has 0 saturated carbocycles. The molecule has 15 heteroatoms. The van der Waals surface area contributed by atoms with Crippen LogP contribution >= 0.6 is 35.3 Å². The molecule has 2 aliphatic rings. The van der Waals surface area contributed by atoms with Gasteiger partial charge in [0.2, 0.25) is 17.0 Å². The first-order valence-corrected chi connectivity index (χ1v) is 10.1. The molecule has 1 aromatic rings. The van der Waals surface area contributed by atoms with Gasteiger partial charge in [0, 0.05) is 0 Å². The Kier molecular flexibility index (Phi) is 8.21. The van der Waals surface area contributed by atoms with Crippen LogP contribution < -0.4 is 62.2 Å². The number of aliphatic carboxylic acids is 1. The number of aliphatic hydroxyl groups is 1. The molecule has 0 radical (unpaired) electrons. The van der Waals surface area contributed by atoms with Crippen molar-refractivity contribution in [2.45, 2.75) is 30.1 Å². The number of carboxylic acids is 1. The minimum absolute atomic E-state index is 0. The van der Waals surface area contributed by atoms with Crippen molar-refractivity contribution in [3.63, 3.8) is 0 Å². The van der Waals surface area contributed by atoms with Crippen LogP contribution in [-0.2, 0) is 20.9 Å². The fourth-order valence-electron chi connectivity index (χ4n) is 2.52. The molecule has 0 aromatic carbocycles. The fraction of sp³-hybridized carbons (Fsp3) is 0.500. The maximum absolute atomic E-state index is 12.1. The maximum Gasteiger partial charge on any atom is 1.00 e. The van der Waals surface area contributed by atoms with Gasteiger partial charge in [0.15, 0.2) is 0 Å². The number of nitrogens with two attached hydrogens (primary N) is 1. The first-order valence-electron chi connectivity index (χ1n) is 7.24. The zero-order valence-electron chi connectivity index (χ0n) is 14.3. The summed E-state index contributed by atoms with van der Waals surface area (Å²) in [5.74, 6) is -3.09. The van der Waals surface area contributed by atoms with Gasteiger partial charge in [0.05, 0.1) is 33.0 Å². The van der Waals surface area contributed by atoms with Crippen molar-refractivity contribution in [1.82, 2.24) is 25.1 Å². The topological polar surface area (TPSA) is 167 Å². The molecule has 1 fully saturated rings. The molecule has 3 heterocycles. The predicted molar refractivity (Wildman–Crippen MR) is 90.8 cm³/mol. The third-order valence-corrected chi connectivity index (χ3v) is 7.39. The molecule has 3 atom stereocenters. The third-order valence-electron chi connectivity index (χ3n) is 3.64. The average Bonchev–Trinajstić information content (AvgIpc) is 3.09. The van der Waals surface area contributed by atoms with Crippen LogP contribution in [0.25, 0.3) is 0 Å². The van der Waals surface area contributed by atoms with Crippen LogP contribution in [0.3, 0.4) is 0 Å². The van der Waals surface area contributed by atoms with Gasteiger partial charge in [0.1, 0.15) is 11.9 Å². The first-order chi connectivity index (χ1) is 12.3. The molecule has 140 valence electrons. The number of aliphatic hydroxyl groups excluding tert-OH is 1. The first kappa shape index (κ1) is 23.1. The molecule has 27 heavy (non-hydrogen) atoms. The Balaban J connectivity index is 0.00000261. The minimum Gasteiger partial charge on any atom is -0.543 e. The van der Waals surface area contributed by atoms with E-state index in [9.17, 15) is 24.6 Å². The largest absolute Gasteiger partial charge is 1.00 e. The quantitative estimate of drug-likeness (QED) is 0.166. The summed E-state index contributed by atoms with van der Waals surface area (Å²) >= 11 is 3.60. The van der Waals surface area contributed by atoms with E-state index in [1.807, 2.05) is 0 Å². The van der Waals surface area contributed by atoms with Gasteiger partial charge in [-0.15, -0.1) is 16.9 Å². The van der Waals surface area contributed by atoms with Gasteiger partial charge in [-0.1, -0.05) is 23.5 Å². The van der Waals surface area contributed by atoms with Crippen molar-refractivity contribution >= 4 is 53.1 Å². The Hall–Kier alpha value is -0.134. The molecule has 2 aliphatic heterocycles. The van der Waals surface area contributed by atoms with Crippen molar-refractivity contribution in [2.75, 3.05) is 5.08 Å². The van der Waals surface area contributed by atoms with Gasteiger partial charge in [-0.3, -0.25) is 14.5 Å². The van der Waals surface area contributed by atoms with E-state index in [0.29, 0.717) is 14.5 Å². The van der Waals surface area contributed by atoms with Crippen molar-refractivity contribution in [1.29, 1.82) is 0 Å². The number of carboxylic acid groups (broad SMARTS) is 1. The van der Waals surface area contributed by atoms with E-state index in [4.69, 9.17) is 5.73 Å². The summed E-state index contributed by atoms with van der Waals surface area (Å²) in [6, 6.07) is 0. The molecule has 0 unspecified atom stereocenters. The zero-order chi connectivity index (χ0) is 19.0. The van der Waals surface area contributed by atoms with E-state index in [1.165, 1.54) is 46.9 Å². The Bertz CT molecular complexity index is 802. The summed E-state index contributed by atoms with van der Waals surface area (Å²) in [5.41, 5.74) is 4.93. The standard InChI is InChI=1S/C12H14N6O5S3.K/c1-4(19)6-8(21)18-7(10(22)23)11(26-9(6)18)24-3-25-12-14-15-16-17(12)2-5(13)20;/h4,6,9,19H,2-3H2,1H3,(H2,13,20)(H,22,23);/q;+1/p-1/t4-,6+,9-;/m1./s1. The van der Waals surface area contributed by atoms with Gasteiger partial charge in [-0.25, -0.2) is 4.68 Å². The van der Waals surface area contributed by atoms with Gasteiger partial charge >= 0.3 is 51.4 Å². The Morgan fingerprint density at radius 2 is 2.15 bits per heavy atom. The third kappa shape index (κ3) is 4.72. The molecule has 0 bridgehead atoms. The summed E-state index contributed by atoms with van der Waals surface area (Å²) < 4.78 is 1.66. The summed E-state index contributed by atoms with van der Waals surface area (Å²) in [6.07, 6.45) is -0.864. The molecule has 3 N–H and O–H groups in total. The molecule has 0 aliphatic carbocycles. The van der Waals surface area contributed by atoms with E-state index in [1.54, 1.807) is 0 Å². The smallest absolute Gasteiger partial charge is 0.543 e. The van der Waals surface area contributed by atoms with Gasteiger partial charge < -0.3 is 20.7 Å². The number of hydrogen-bond acceptors (Lipinski definition) is 11. The normalized spacial score (nSPS) is 22.1. The van der Waals surface area contributed by atoms with Crippen molar-refractivity contribution in [3.05, 3.63) is 9.93 Å². The van der Waals surface area contributed by atoms with E-state index in [-0.39, 0.29) is 63.6 Å². The van der Waals surface area contributed by atoms with E-state index in [0.717, 1.165) is 4.90 Å². The Labute approximate surface area is 208 Å². The van der Waals surface area contributed by atoms with E-state index >= 15 is 0 Å². The second kappa shape index (κ2) is 9.58. The predicted octanol–water partition coefficient (Wildman–Crippen LogP) is -5.22. The second-order valence-electron chi connectivity index (χ2n) is 5.40. The number of carbonyl (C=O) groups is 3. The number of tetrazole rings is 1. The average molecular weight is 457 g/mol. The Morgan fingerprint density at radius 3 is 2.74 bits per heavy atom. The number of primary amides is 1. The SMILES string of the molecule is C[C@@H](O)[C@H]1C(=O)N2C(C(=O)[O-])=C(SCSc3nnnn3CC(N)=O)S[C@H]12.[K+]. The zero-order valence-corrected chi connectivity index (χ0v) is 19.8. The number of β-lactam (4-membered cyclic amide) rings is 1. The van der Waals surface area contributed by atoms with Gasteiger partial charge in [-0.05, 0) is 17.4 Å². The number of amides is 2. The summed E-state index contributed by atoms with van der Waals surface area (Å²) in [4.78, 5) is 35.7. The second-order valence-corrected chi connectivity index (χ2v) is 9.08. The number of thioether (sulfide) groups is 3. The van der Waals surface area contributed by atoms with Crippen LogP contribution in [0.1, 0.15) is 6.92 Å². The summed E-state index contributed by atoms with van der Waals surface area (Å²) in [6.45, 7) is 1.33. The van der Waals surface area contributed by atoms with Crippen molar-refractivity contribution in [3.8, 4) is 0 Å². The van der Waals surface area contributed by atoms with E-state index in [2.05, 4.69) is 15.5 Å². The number of rotatable bonds is 8.